The molecule has 1 heteroatoms. The van der Waals surface area contributed by atoms with E-state index in [0.29, 0.717) is 0 Å². The molecule has 0 saturated carbocycles. The lowest BCUT2D eigenvalue weighted by Gasteiger charge is -1.97. The summed E-state index contributed by atoms with van der Waals surface area (Å²) in [4.78, 5) is 1.45. The van der Waals surface area contributed by atoms with E-state index in [-0.39, 0.29) is 0 Å². The maximum Gasteiger partial charge on any atom is 0.0370 e. The number of rotatable bonds is 0. The van der Waals surface area contributed by atoms with E-state index in [1.54, 1.807) is 0 Å². The van der Waals surface area contributed by atoms with Gasteiger partial charge in [-0.3, -0.25) is 0 Å². The summed E-state index contributed by atoms with van der Waals surface area (Å²) in [6, 6.07) is 6.70. The molecule has 0 amide bonds. The first-order chi connectivity index (χ1) is 5.25. The lowest BCUT2D eigenvalue weighted by molar-refractivity contribution is 1.09. The van der Waals surface area contributed by atoms with E-state index < -0.39 is 0 Å². The van der Waals surface area contributed by atoms with Crippen LogP contribution in [0.15, 0.2) is 23.1 Å². The molecule has 1 radical (unpaired) electrons. The molecule has 1 aliphatic rings. The van der Waals surface area contributed by atoms with Crippen molar-refractivity contribution in [3.63, 3.8) is 0 Å². The Labute approximate surface area is 72.0 Å². The van der Waals surface area contributed by atoms with Crippen LogP contribution in [-0.2, 0) is 6.42 Å². The Morgan fingerprint density at radius 1 is 1.27 bits per heavy atom. The zero-order chi connectivity index (χ0) is 7.84. The Morgan fingerprint density at radius 2 is 2.09 bits per heavy atom. The molecule has 1 aromatic rings. The molecule has 0 N–H and O–H groups in total. The van der Waals surface area contributed by atoms with Crippen LogP contribution in [0.1, 0.15) is 18.1 Å². The quantitative estimate of drug-likeness (QED) is 0.566. The van der Waals surface area contributed by atoms with Crippen LogP contribution >= 0.6 is 11.8 Å². The molecule has 0 unspecified atom stereocenters. The minimum absolute atomic E-state index is 1.17. The molecule has 0 aromatic heterocycles. The standard InChI is InChI=1S/C10H11S/c1-7-3-4-10-9(5-7)6-8(2)11-10/h3-5H,6H2,1-2H3. The maximum absolute atomic E-state index is 2.29. The number of aryl methyl sites for hydroxylation is 1. The van der Waals surface area contributed by atoms with E-state index in [9.17, 15) is 0 Å². The predicted molar refractivity (Wildman–Crippen MR) is 49.7 cm³/mol. The molecule has 0 fully saturated rings. The number of hydrogen-bond acceptors (Lipinski definition) is 1. The molecule has 0 aliphatic carbocycles. The van der Waals surface area contributed by atoms with Gasteiger partial charge in [-0.1, -0.05) is 17.7 Å². The summed E-state index contributed by atoms with van der Waals surface area (Å²) in [6.45, 7) is 4.36. The molecule has 1 aromatic carbocycles. The van der Waals surface area contributed by atoms with Crippen LogP contribution in [0.25, 0.3) is 0 Å². The smallest absolute Gasteiger partial charge is 0.0370 e. The van der Waals surface area contributed by atoms with Gasteiger partial charge in [-0.2, -0.15) is 0 Å². The molecule has 0 atom stereocenters. The summed E-state index contributed by atoms with van der Waals surface area (Å²) >= 11 is 1.92. The highest BCUT2D eigenvalue weighted by atomic mass is 32.2. The third-order valence-corrected chi connectivity index (χ3v) is 3.05. The number of hydrogen-bond donors (Lipinski definition) is 0. The monoisotopic (exact) mass is 163 g/mol. The largest absolute Gasteiger partial charge is 0.118 e. The highest BCUT2D eigenvalue weighted by molar-refractivity contribution is 8.02. The van der Waals surface area contributed by atoms with E-state index in [1.807, 2.05) is 11.8 Å². The molecule has 2 rings (SSSR count). The van der Waals surface area contributed by atoms with Crippen molar-refractivity contribution >= 4 is 11.8 Å². The van der Waals surface area contributed by atoms with Crippen molar-refractivity contribution in [2.24, 2.45) is 0 Å². The van der Waals surface area contributed by atoms with Crippen LogP contribution in [0.2, 0.25) is 0 Å². The average molecular weight is 163 g/mol. The van der Waals surface area contributed by atoms with Crippen LogP contribution in [0, 0.1) is 12.2 Å². The van der Waals surface area contributed by atoms with Crippen LogP contribution < -0.4 is 0 Å². The van der Waals surface area contributed by atoms with Gasteiger partial charge in [-0.15, -0.1) is 11.8 Å². The Balaban J connectivity index is 2.43. The second kappa shape index (κ2) is 2.56. The van der Waals surface area contributed by atoms with Gasteiger partial charge in [0.25, 0.3) is 0 Å². The fraction of sp³-hybridized carbons (Fsp3) is 0.300. The normalized spacial score (nSPS) is 16.9. The summed E-state index contributed by atoms with van der Waals surface area (Å²) in [7, 11) is 0. The van der Waals surface area contributed by atoms with Crippen molar-refractivity contribution in [2.45, 2.75) is 25.2 Å². The summed E-state index contributed by atoms with van der Waals surface area (Å²) in [5.74, 6) is 0. The highest BCUT2D eigenvalue weighted by Gasteiger charge is 2.18. The lowest BCUT2D eigenvalue weighted by Crippen LogP contribution is -1.83. The molecular formula is C10H11S. The minimum Gasteiger partial charge on any atom is -0.118 e. The molecule has 1 aliphatic heterocycles. The summed E-state index contributed by atoms with van der Waals surface area (Å²) in [5, 5.41) is 1.52. The van der Waals surface area contributed by atoms with Gasteiger partial charge in [0.05, 0.1) is 0 Å². The zero-order valence-electron chi connectivity index (χ0n) is 6.85. The third kappa shape index (κ3) is 1.30. The van der Waals surface area contributed by atoms with E-state index in [2.05, 4.69) is 32.0 Å². The van der Waals surface area contributed by atoms with Gasteiger partial charge in [0.1, 0.15) is 0 Å². The van der Waals surface area contributed by atoms with Crippen LogP contribution in [-0.4, -0.2) is 0 Å². The van der Waals surface area contributed by atoms with Gasteiger partial charge in [0, 0.05) is 10.1 Å². The van der Waals surface area contributed by atoms with E-state index in [4.69, 9.17) is 0 Å². The van der Waals surface area contributed by atoms with Gasteiger partial charge in [0.15, 0.2) is 0 Å². The topological polar surface area (TPSA) is 0 Å². The fourth-order valence-corrected chi connectivity index (χ4v) is 2.44. The average Bonchev–Trinajstić information content (AvgIpc) is 2.27. The van der Waals surface area contributed by atoms with E-state index in [1.165, 1.54) is 27.7 Å². The van der Waals surface area contributed by atoms with Gasteiger partial charge in [-0.25, -0.2) is 0 Å². The van der Waals surface area contributed by atoms with Crippen molar-refractivity contribution in [2.75, 3.05) is 0 Å². The summed E-state index contributed by atoms with van der Waals surface area (Å²) < 4.78 is 0. The minimum atomic E-state index is 1.17. The zero-order valence-corrected chi connectivity index (χ0v) is 7.66. The number of thioether (sulfide) groups is 1. The Morgan fingerprint density at radius 3 is 2.91 bits per heavy atom. The molecule has 0 bridgehead atoms. The number of benzene rings is 1. The molecular weight excluding hydrogens is 152 g/mol. The molecule has 1 heterocycles. The van der Waals surface area contributed by atoms with Gasteiger partial charge >= 0.3 is 0 Å². The van der Waals surface area contributed by atoms with E-state index >= 15 is 0 Å². The van der Waals surface area contributed by atoms with Crippen molar-refractivity contribution < 1.29 is 0 Å². The van der Waals surface area contributed by atoms with Crippen molar-refractivity contribution in [1.29, 1.82) is 0 Å². The number of fused-ring (bicyclic) bond motifs is 1. The van der Waals surface area contributed by atoms with Crippen LogP contribution in [0.5, 0.6) is 0 Å². The van der Waals surface area contributed by atoms with Crippen molar-refractivity contribution in [3.8, 4) is 0 Å². The predicted octanol–water partition coefficient (Wildman–Crippen LogP) is 3.20. The SMILES string of the molecule is C[C]1Cc2cc(C)ccc2S1. The van der Waals surface area contributed by atoms with Crippen molar-refractivity contribution in [1.82, 2.24) is 0 Å². The van der Waals surface area contributed by atoms with E-state index in [0.717, 1.165) is 0 Å². The Bertz CT molecular complexity index is 278. The van der Waals surface area contributed by atoms with Crippen LogP contribution in [0.3, 0.4) is 0 Å². The third-order valence-electron chi connectivity index (χ3n) is 1.94. The second-order valence-corrected chi connectivity index (χ2v) is 4.43. The van der Waals surface area contributed by atoms with Gasteiger partial charge < -0.3 is 0 Å². The first-order valence-electron chi connectivity index (χ1n) is 3.85. The summed E-state index contributed by atoms with van der Waals surface area (Å²) in [6.07, 6.45) is 1.17. The highest BCUT2D eigenvalue weighted by Crippen LogP contribution is 2.41. The first kappa shape index (κ1) is 7.23. The molecule has 0 nitrogen and oxygen atoms in total. The molecule has 0 saturated heterocycles. The summed E-state index contributed by atoms with van der Waals surface area (Å²) in [5.41, 5.74) is 2.88. The molecule has 0 spiro atoms. The van der Waals surface area contributed by atoms with Gasteiger partial charge in [-0.05, 0) is 31.9 Å². The lowest BCUT2D eigenvalue weighted by atomic mass is 10.1. The van der Waals surface area contributed by atoms with Crippen LogP contribution in [0.4, 0.5) is 0 Å². The molecule has 57 valence electrons. The molecule has 11 heavy (non-hydrogen) atoms. The first-order valence-corrected chi connectivity index (χ1v) is 4.67. The van der Waals surface area contributed by atoms with Gasteiger partial charge in [0.2, 0.25) is 0 Å². The Kier molecular flexibility index (Phi) is 1.68. The van der Waals surface area contributed by atoms with Crippen molar-refractivity contribution in [3.05, 3.63) is 34.6 Å². The Hall–Kier alpha value is -0.430. The maximum atomic E-state index is 2.29. The second-order valence-electron chi connectivity index (χ2n) is 3.09. The fourth-order valence-electron chi connectivity index (χ4n) is 1.44.